The minimum Gasteiger partial charge on any atom is -0.392 e. The van der Waals surface area contributed by atoms with Gasteiger partial charge in [0.25, 0.3) is 0 Å². The van der Waals surface area contributed by atoms with Crippen LogP contribution in [0.25, 0.3) is 21.8 Å². The van der Waals surface area contributed by atoms with Crippen LogP contribution in [-0.2, 0) is 6.61 Å². The van der Waals surface area contributed by atoms with Gasteiger partial charge in [0.05, 0.1) is 23.3 Å². The van der Waals surface area contributed by atoms with Crippen LogP contribution in [0.3, 0.4) is 0 Å². The topological polar surface area (TPSA) is 48.4 Å². The predicted octanol–water partition coefficient (Wildman–Crippen LogP) is 4.69. The van der Waals surface area contributed by atoms with Gasteiger partial charge in [0, 0.05) is 36.2 Å². The van der Waals surface area contributed by atoms with Crippen molar-refractivity contribution in [2.45, 2.75) is 6.61 Å². The Hall–Kier alpha value is -3.11. The lowest BCUT2D eigenvalue weighted by atomic mass is 10.1. The molecular formula is C22H21N3O. The molecule has 26 heavy (non-hydrogen) atoms. The second kappa shape index (κ2) is 6.65. The summed E-state index contributed by atoms with van der Waals surface area (Å²) in [4.78, 5) is 6.81. The van der Waals surface area contributed by atoms with Crippen LogP contribution in [0, 0.1) is 0 Å². The normalized spacial score (nSPS) is 11.0. The number of aromatic nitrogens is 1. The molecule has 0 aliphatic heterocycles. The summed E-state index contributed by atoms with van der Waals surface area (Å²) in [5.41, 5.74) is 5.82. The van der Waals surface area contributed by atoms with Gasteiger partial charge >= 0.3 is 0 Å². The molecule has 0 radical (unpaired) electrons. The number of hydrogen-bond donors (Lipinski definition) is 2. The molecular weight excluding hydrogens is 322 g/mol. The van der Waals surface area contributed by atoms with E-state index in [9.17, 15) is 5.11 Å². The summed E-state index contributed by atoms with van der Waals surface area (Å²) in [6, 6.07) is 22.4. The summed E-state index contributed by atoms with van der Waals surface area (Å²) in [6.45, 7) is 0.00814. The van der Waals surface area contributed by atoms with Gasteiger partial charge in [0.1, 0.15) is 0 Å². The average molecular weight is 343 g/mol. The summed E-state index contributed by atoms with van der Waals surface area (Å²) < 4.78 is 0. The zero-order valence-corrected chi connectivity index (χ0v) is 14.9. The number of pyridine rings is 1. The molecule has 4 heteroatoms. The highest BCUT2D eigenvalue weighted by Gasteiger charge is 2.10. The smallest absolute Gasteiger partial charge is 0.0730 e. The molecule has 1 aromatic heterocycles. The number of anilines is 3. The molecule has 0 aliphatic carbocycles. The standard InChI is InChI=1S/C22H21N3O/c1-25(2)17-12-15(14-26)11-16(13-17)23-22-18-7-3-5-9-20(18)24-21-10-6-4-8-19(21)22/h3-13,26H,14H2,1-2H3,(H,23,24). The Kier molecular flexibility index (Phi) is 4.19. The molecule has 0 saturated carbocycles. The lowest BCUT2D eigenvalue weighted by molar-refractivity contribution is 0.282. The van der Waals surface area contributed by atoms with Crippen molar-refractivity contribution in [3.8, 4) is 0 Å². The van der Waals surface area contributed by atoms with Crippen molar-refractivity contribution >= 4 is 38.9 Å². The van der Waals surface area contributed by atoms with Gasteiger partial charge in [-0.05, 0) is 35.9 Å². The Morgan fingerprint density at radius 2 is 1.50 bits per heavy atom. The van der Waals surface area contributed by atoms with Crippen molar-refractivity contribution in [1.29, 1.82) is 0 Å². The maximum Gasteiger partial charge on any atom is 0.0730 e. The third kappa shape index (κ3) is 2.95. The molecule has 1 heterocycles. The number of hydrogen-bond acceptors (Lipinski definition) is 4. The van der Waals surface area contributed by atoms with Crippen molar-refractivity contribution in [2.75, 3.05) is 24.3 Å². The van der Waals surface area contributed by atoms with Gasteiger partial charge in [-0.25, -0.2) is 4.98 Å². The van der Waals surface area contributed by atoms with Crippen LogP contribution in [-0.4, -0.2) is 24.2 Å². The Labute approximate surface area is 152 Å². The summed E-state index contributed by atoms with van der Waals surface area (Å²) >= 11 is 0. The van der Waals surface area contributed by atoms with E-state index in [1.165, 1.54) is 0 Å². The lowest BCUT2D eigenvalue weighted by Gasteiger charge is -2.18. The quantitative estimate of drug-likeness (QED) is 0.528. The maximum atomic E-state index is 9.62. The van der Waals surface area contributed by atoms with Gasteiger partial charge in [0.15, 0.2) is 0 Å². The lowest BCUT2D eigenvalue weighted by Crippen LogP contribution is -2.09. The van der Waals surface area contributed by atoms with Crippen molar-refractivity contribution in [3.05, 3.63) is 72.3 Å². The second-order valence-corrected chi connectivity index (χ2v) is 6.59. The van der Waals surface area contributed by atoms with Gasteiger partial charge in [0.2, 0.25) is 0 Å². The molecule has 0 atom stereocenters. The summed E-state index contributed by atoms with van der Waals surface area (Å²) in [7, 11) is 4.00. The van der Waals surface area contributed by atoms with Crippen LogP contribution in [0.2, 0.25) is 0 Å². The molecule has 0 unspecified atom stereocenters. The summed E-state index contributed by atoms with van der Waals surface area (Å²) in [5.74, 6) is 0. The largest absolute Gasteiger partial charge is 0.392 e. The van der Waals surface area contributed by atoms with E-state index in [0.29, 0.717) is 0 Å². The molecule has 0 bridgehead atoms. The van der Waals surface area contributed by atoms with E-state index in [0.717, 1.165) is 44.4 Å². The number of rotatable bonds is 4. The molecule has 0 saturated heterocycles. The summed E-state index contributed by atoms with van der Waals surface area (Å²) in [6.07, 6.45) is 0. The fraction of sp³-hybridized carbons (Fsp3) is 0.136. The van der Waals surface area contributed by atoms with E-state index < -0.39 is 0 Å². The van der Waals surface area contributed by atoms with Crippen LogP contribution in [0.4, 0.5) is 17.1 Å². The molecule has 4 aromatic rings. The number of fused-ring (bicyclic) bond motifs is 2. The van der Waals surface area contributed by atoms with E-state index in [4.69, 9.17) is 4.98 Å². The Bertz CT molecular complexity index is 1040. The van der Waals surface area contributed by atoms with Crippen molar-refractivity contribution in [1.82, 2.24) is 4.98 Å². The SMILES string of the molecule is CN(C)c1cc(CO)cc(Nc2c3ccccc3nc3ccccc23)c1. The van der Waals surface area contributed by atoms with E-state index >= 15 is 0 Å². The van der Waals surface area contributed by atoms with Gasteiger partial charge in [-0.3, -0.25) is 0 Å². The Morgan fingerprint density at radius 1 is 0.885 bits per heavy atom. The minimum atomic E-state index is 0.00814. The highest BCUT2D eigenvalue weighted by atomic mass is 16.3. The van der Waals surface area contributed by atoms with E-state index in [1.807, 2.05) is 67.5 Å². The molecule has 0 spiro atoms. The zero-order chi connectivity index (χ0) is 18.1. The average Bonchev–Trinajstić information content (AvgIpc) is 2.67. The third-order valence-corrected chi connectivity index (χ3v) is 4.53. The second-order valence-electron chi connectivity index (χ2n) is 6.59. The van der Waals surface area contributed by atoms with E-state index in [1.54, 1.807) is 0 Å². The minimum absolute atomic E-state index is 0.00814. The highest BCUT2D eigenvalue weighted by Crippen LogP contribution is 2.34. The van der Waals surface area contributed by atoms with E-state index in [2.05, 4.69) is 23.5 Å². The molecule has 0 amide bonds. The van der Waals surface area contributed by atoms with Gasteiger partial charge in [-0.1, -0.05) is 36.4 Å². The highest BCUT2D eigenvalue weighted by molar-refractivity contribution is 6.08. The molecule has 0 aliphatic rings. The van der Waals surface area contributed by atoms with Crippen molar-refractivity contribution in [2.24, 2.45) is 0 Å². The number of nitrogens with one attached hydrogen (secondary N) is 1. The number of aliphatic hydroxyl groups excluding tert-OH is 1. The molecule has 2 N–H and O–H groups in total. The van der Waals surface area contributed by atoms with Crippen LogP contribution >= 0.6 is 0 Å². The van der Waals surface area contributed by atoms with Gasteiger partial charge in [-0.2, -0.15) is 0 Å². The molecule has 4 rings (SSSR count). The van der Waals surface area contributed by atoms with Crippen LogP contribution in [0.1, 0.15) is 5.56 Å². The monoisotopic (exact) mass is 343 g/mol. The molecule has 3 aromatic carbocycles. The first-order valence-corrected chi connectivity index (χ1v) is 8.62. The van der Waals surface area contributed by atoms with Crippen molar-refractivity contribution < 1.29 is 5.11 Å². The number of para-hydroxylation sites is 2. The number of nitrogens with zero attached hydrogens (tertiary/aromatic N) is 2. The molecule has 0 fully saturated rings. The summed E-state index contributed by atoms with van der Waals surface area (Å²) in [5, 5.41) is 15.4. The fourth-order valence-electron chi connectivity index (χ4n) is 3.21. The first-order valence-electron chi connectivity index (χ1n) is 8.62. The van der Waals surface area contributed by atoms with Gasteiger partial charge < -0.3 is 15.3 Å². The Morgan fingerprint density at radius 3 is 2.08 bits per heavy atom. The Balaban J connectivity index is 1.92. The van der Waals surface area contributed by atoms with E-state index in [-0.39, 0.29) is 6.61 Å². The van der Waals surface area contributed by atoms with Crippen molar-refractivity contribution in [3.63, 3.8) is 0 Å². The zero-order valence-electron chi connectivity index (χ0n) is 14.9. The van der Waals surface area contributed by atoms with Gasteiger partial charge in [-0.15, -0.1) is 0 Å². The maximum absolute atomic E-state index is 9.62. The molecule has 4 nitrogen and oxygen atoms in total. The third-order valence-electron chi connectivity index (χ3n) is 4.53. The number of aliphatic hydroxyl groups is 1. The first-order chi connectivity index (χ1) is 12.7. The fourth-order valence-corrected chi connectivity index (χ4v) is 3.21. The first kappa shape index (κ1) is 16.4. The van der Waals surface area contributed by atoms with Crippen LogP contribution < -0.4 is 10.2 Å². The van der Waals surface area contributed by atoms with Crippen LogP contribution in [0.15, 0.2) is 66.7 Å². The number of benzene rings is 3. The molecule has 130 valence electrons. The van der Waals surface area contributed by atoms with Crippen LogP contribution in [0.5, 0.6) is 0 Å². The predicted molar refractivity (Wildman–Crippen MR) is 109 cm³/mol.